The fraction of sp³-hybridized carbons (Fsp3) is 0.615. The summed E-state index contributed by atoms with van der Waals surface area (Å²) in [5, 5.41) is 2.78. The average Bonchev–Trinajstić information content (AvgIpc) is 2.80. The van der Waals surface area contributed by atoms with Crippen molar-refractivity contribution >= 4 is 23.5 Å². The van der Waals surface area contributed by atoms with Crippen LogP contribution in [-0.2, 0) is 15.1 Å². The highest BCUT2D eigenvalue weighted by Gasteiger charge is 2.35. The second kappa shape index (κ2) is 6.26. The highest BCUT2D eigenvalue weighted by atomic mass is 35.5. The lowest BCUT2D eigenvalue weighted by Gasteiger charge is -2.26. The number of aromatic nitrogens is 1. The van der Waals surface area contributed by atoms with Crippen molar-refractivity contribution in [1.29, 1.82) is 0 Å². The molecule has 0 saturated carbocycles. The number of hydrogen-bond acceptors (Lipinski definition) is 5. The van der Waals surface area contributed by atoms with Crippen LogP contribution in [0.15, 0.2) is 4.42 Å². The summed E-state index contributed by atoms with van der Waals surface area (Å²) >= 11 is 5.94. The topological polar surface area (TPSA) is 81.4 Å². The molecule has 1 aromatic heterocycles. The number of halogens is 1. The average molecular weight is 303 g/mol. The number of ether oxygens (including phenoxy) is 1. The van der Waals surface area contributed by atoms with Crippen LogP contribution in [0.4, 0.5) is 0 Å². The van der Waals surface area contributed by atoms with Gasteiger partial charge in [-0.15, -0.1) is 11.6 Å². The first-order valence-electron chi connectivity index (χ1n) is 6.19. The Morgan fingerprint density at radius 1 is 1.50 bits per heavy atom. The Bertz CT molecular complexity index is 512. The molecule has 0 aliphatic rings. The van der Waals surface area contributed by atoms with E-state index in [1.54, 1.807) is 27.7 Å². The summed E-state index contributed by atoms with van der Waals surface area (Å²) < 4.78 is 10.1. The van der Waals surface area contributed by atoms with Crippen molar-refractivity contribution in [3.8, 4) is 0 Å². The second-order valence-electron chi connectivity index (χ2n) is 5.03. The molecule has 0 aromatic carbocycles. The number of amides is 1. The predicted molar refractivity (Wildman–Crippen MR) is 73.6 cm³/mol. The van der Waals surface area contributed by atoms with Gasteiger partial charge in [0, 0.05) is 5.92 Å². The van der Waals surface area contributed by atoms with Crippen LogP contribution in [0, 0.1) is 12.8 Å². The van der Waals surface area contributed by atoms with Crippen LogP contribution >= 0.6 is 11.6 Å². The number of carbonyl (C=O) groups excluding carboxylic acids is 2. The minimum absolute atomic E-state index is 0.0615. The van der Waals surface area contributed by atoms with E-state index >= 15 is 0 Å². The van der Waals surface area contributed by atoms with Gasteiger partial charge in [-0.1, -0.05) is 13.8 Å². The Hall–Kier alpha value is -1.56. The first-order chi connectivity index (χ1) is 9.25. The number of oxazole rings is 1. The fourth-order valence-electron chi connectivity index (χ4n) is 1.48. The molecule has 1 atom stereocenters. The number of esters is 1. The molecule has 20 heavy (non-hydrogen) atoms. The van der Waals surface area contributed by atoms with Crippen molar-refractivity contribution in [3.63, 3.8) is 0 Å². The SMILES string of the molecule is COC(=O)c1nc([C@](C)(CCl)NC(=O)C(C)C)oc1C. The molecule has 0 spiro atoms. The molecule has 0 unspecified atom stereocenters. The van der Waals surface area contributed by atoms with Gasteiger partial charge in [0.1, 0.15) is 11.3 Å². The van der Waals surface area contributed by atoms with Gasteiger partial charge in [0.05, 0.1) is 13.0 Å². The van der Waals surface area contributed by atoms with Crippen LogP contribution in [0.2, 0.25) is 0 Å². The van der Waals surface area contributed by atoms with E-state index in [1.165, 1.54) is 7.11 Å². The summed E-state index contributed by atoms with van der Waals surface area (Å²) in [5.74, 6) is -0.408. The van der Waals surface area contributed by atoms with Crippen molar-refractivity contribution in [2.24, 2.45) is 5.92 Å². The number of hydrogen-bond donors (Lipinski definition) is 1. The van der Waals surface area contributed by atoms with Gasteiger partial charge in [0.15, 0.2) is 5.69 Å². The number of nitrogens with zero attached hydrogens (tertiary/aromatic N) is 1. The molecule has 0 aliphatic heterocycles. The molecule has 0 saturated heterocycles. The largest absolute Gasteiger partial charge is 0.464 e. The number of methoxy groups -OCH3 is 1. The first-order valence-corrected chi connectivity index (χ1v) is 6.72. The van der Waals surface area contributed by atoms with Gasteiger partial charge in [-0.2, -0.15) is 0 Å². The molecular weight excluding hydrogens is 284 g/mol. The van der Waals surface area contributed by atoms with E-state index in [2.05, 4.69) is 15.0 Å². The molecule has 0 aliphatic carbocycles. The van der Waals surface area contributed by atoms with Crippen LogP contribution < -0.4 is 5.32 Å². The molecule has 1 N–H and O–H groups in total. The molecule has 6 nitrogen and oxygen atoms in total. The van der Waals surface area contributed by atoms with Gasteiger partial charge in [-0.05, 0) is 13.8 Å². The minimum Gasteiger partial charge on any atom is -0.464 e. The highest BCUT2D eigenvalue weighted by molar-refractivity contribution is 6.18. The summed E-state index contributed by atoms with van der Waals surface area (Å²) in [7, 11) is 1.26. The molecule has 7 heteroatoms. The molecule has 1 aromatic rings. The lowest BCUT2D eigenvalue weighted by Crippen LogP contribution is -2.47. The summed E-state index contributed by atoms with van der Waals surface area (Å²) in [5.41, 5.74) is -0.905. The van der Waals surface area contributed by atoms with Crippen LogP contribution in [0.1, 0.15) is 42.9 Å². The third-order valence-corrected chi connectivity index (χ3v) is 3.37. The Balaban J connectivity index is 3.12. The quantitative estimate of drug-likeness (QED) is 0.664. The van der Waals surface area contributed by atoms with Gasteiger partial charge in [0.25, 0.3) is 0 Å². The maximum Gasteiger partial charge on any atom is 0.360 e. The van der Waals surface area contributed by atoms with Gasteiger partial charge >= 0.3 is 5.97 Å². The van der Waals surface area contributed by atoms with Crippen molar-refractivity contribution in [2.45, 2.75) is 33.2 Å². The first kappa shape index (κ1) is 16.5. The maximum atomic E-state index is 11.8. The summed E-state index contributed by atoms with van der Waals surface area (Å²) in [6.07, 6.45) is 0. The number of alkyl halides is 1. The van der Waals surface area contributed by atoms with E-state index in [4.69, 9.17) is 16.0 Å². The van der Waals surface area contributed by atoms with Crippen molar-refractivity contribution in [3.05, 3.63) is 17.3 Å². The lowest BCUT2D eigenvalue weighted by molar-refractivity contribution is -0.125. The lowest BCUT2D eigenvalue weighted by atomic mass is 10.0. The maximum absolute atomic E-state index is 11.8. The van der Waals surface area contributed by atoms with E-state index in [0.717, 1.165) is 0 Å². The Labute approximate surface area is 122 Å². The third kappa shape index (κ3) is 3.30. The molecule has 1 rings (SSSR count). The number of rotatable bonds is 5. The van der Waals surface area contributed by atoms with Crippen molar-refractivity contribution in [2.75, 3.05) is 13.0 Å². The zero-order valence-corrected chi connectivity index (χ0v) is 13.0. The number of nitrogens with one attached hydrogen (secondary N) is 1. The minimum atomic E-state index is -0.986. The third-order valence-electron chi connectivity index (χ3n) is 2.84. The second-order valence-corrected chi connectivity index (χ2v) is 5.29. The van der Waals surface area contributed by atoms with Crippen LogP contribution in [0.25, 0.3) is 0 Å². The smallest absolute Gasteiger partial charge is 0.360 e. The molecule has 1 amide bonds. The zero-order valence-electron chi connectivity index (χ0n) is 12.2. The summed E-state index contributed by atoms with van der Waals surface area (Å²) in [4.78, 5) is 27.5. The van der Waals surface area contributed by atoms with Crippen LogP contribution in [0.3, 0.4) is 0 Å². The fourth-order valence-corrected chi connectivity index (χ4v) is 1.66. The van der Waals surface area contributed by atoms with E-state index in [1.807, 2.05) is 0 Å². The van der Waals surface area contributed by atoms with Gasteiger partial charge in [-0.3, -0.25) is 4.79 Å². The molecule has 112 valence electrons. The number of aryl methyl sites for hydroxylation is 1. The Kier molecular flexibility index (Phi) is 5.16. The Morgan fingerprint density at radius 2 is 2.10 bits per heavy atom. The molecule has 0 fully saturated rings. The van der Waals surface area contributed by atoms with Crippen molar-refractivity contribution < 1.29 is 18.7 Å². The van der Waals surface area contributed by atoms with Crippen molar-refractivity contribution in [1.82, 2.24) is 10.3 Å². The zero-order chi connectivity index (χ0) is 15.5. The van der Waals surface area contributed by atoms with Gasteiger partial charge in [-0.25, -0.2) is 9.78 Å². The molecule has 0 bridgehead atoms. The van der Waals surface area contributed by atoms with E-state index in [9.17, 15) is 9.59 Å². The van der Waals surface area contributed by atoms with E-state index in [-0.39, 0.29) is 29.3 Å². The Morgan fingerprint density at radius 3 is 2.55 bits per heavy atom. The van der Waals surface area contributed by atoms with E-state index in [0.29, 0.717) is 5.76 Å². The van der Waals surface area contributed by atoms with Gasteiger partial charge in [0.2, 0.25) is 11.8 Å². The molecule has 0 radical (unpaired) electrons. The van der Waals surface area contributed by atoms with Crippen LogP contribution in [-0.4, -0.2) is 29.9 Å². The molecular formula is C13H19ClN2O4. The monoisotopic (exact) mass is 302 g/mol. The standard InChI is InChI=1S/C13H19ClN2O4/c1-7(2)10(17)16-13(4,6-14)12-15-9(8(3)20-12)11(18)19-5/h7H,6H2,1-5H3,(H,16,17)/t13-/m0/s1. The predicted octanol–water partition coefficient (Wildman–Crippen LogP) is 2.00. The van der Waals surface area contributed by atoms with E-state index < -0.39 is 11.5 Å². The number of carbonyl (C=O) groups is 2. The normalized spacial score (nSPS) is 13.9. The van der Waals surface area contributed by atoms with Crippen LogP contribution in [0.5, 0.6) is 0 Å². The highest BCUT2D eigenvalue weighted by Crippen LogP contribution is 2.25. The van der Waals surface area contributed by atoms with Gasteiger partial charge < -0.3 is 14.5 Å². The summed E-state index contributed by atoms with van der Waals surface area (Å²) in [6, 6.07) is 0. The molecule has 1 heterocycles. The summed E-state index contributed by atoms with van der Waals surface area (Å²) in [6.45, 7) is 6.82.